The Hall–Kier alpha value is -2.84. The van der Waals surface area contributed by atoms with Crippen molar-refractivity contribution in [1.82, 2.24) is 9.55 Å². The maximum absolute atomic E-state index is 12.7. The molecule has 8 heteroatoms. The highest BCUT2D eigenvalue weighted by molar-refractivity contribution is 7.99. The molecule has 3 aromatic rings. The van der Waals surface area contributed by atoms with Crippen LogP contribution in [0.2, 0.25) is 0 Å². The van der Waals surface area contributed by atoms with Gasteiger partial charge in [-0.25, -0.2) is 13.4 Å². The first-order valence-corrected chi connectivity index (χ1v) is 13.4. The Morgan fingerprint density at radius 3 is 2.79 bits per heavy atom. The summed E-state index contributed by atoms with van der Waals surface area (Å²) in [6, 6.07) is 7.55. The summed E-state index contributed by atoms with van der Waals surface area (Å²) in [6.07, 6.45) is 10.0. The van der Waals surface area contributed by atoms with Crippen LogP contribution in [-0.4, -0.2) is 35.3 Å². The topological polar surface area (TPSA) is 89.3 Å². The molecule has 4 rings (SSSR count). The number of aliphatic carboxylic acids is 1. The lowest BCUT2D eigenvalue weighted by atomic mass is 9.93. The Morgan fingerprint density at radius 2 is 2.12 bits per heavy atom. The number of aromatic nitrogens is 2. The fraction of sp³-hybridized carbons (Fsp3) is 0.280. The first kappa shape index (κ1) is 23.3. The van der Waals surface area contributed by atoms with E-state index in [9.17, 15) is 18.3 Å². The van der Waals surface area contributed by atoms with Gasteiger partial charge in [0.15, 0.2) is 9.84 Å². The van der Waals surface area contributed by atoms with E-state index in [1.54, 1.807) is 6.08 Å². The molecular weight excluding hydrogens is 456 g/mol. The zero-order chi connectivity index (χ0) is 23.8. The van der Waals surface area contributed by atoms with Gasteiger partial charge < -0.3 is 9.67 Å². The molecule has 0 fully saturated rings. The monoisotopic (exact) mass is 482 g/mol. The summed E-state index contributed by atoms with van der Waals surface area (Å²) in [4.78, 5) is 18.1. The number of allylic oxidation sites excluding steroid dienone is 1. The average Bonchev–Trinajstić information content (AvgIpc) is 3.08. The van der Waals surface area contributed by atoms with Gasteiger partial charge >= 0.3 is 5.97 Å². The van der Waals surface area contributed by atoms with Crippen molar-refractivity contribution in [3.63, 3.8) is 0 Å². The van der Waals surface area contributed by atoms with Gasteiger partial charge in [0.25, 0.3) is 0 Å². The minimum Gasteiger partial charge on any atom is -0.481 e. The molecule has 1 atom stereocenters. The number of carboxylic acids is 1. The second-order valence-electron chi connectivity index (χ2n) is 8.18. The molecule has 172 valence electrons. The molecule has 0 saturated carbocycles. The fourth-order valence-corrected chi connectivity index (χ4v) is 6.73. The van der Waals surface area contributed by atoms with Crippen LogP contribution in [0.4, 0.5) is 0 Å². The molecule has 0 amide bonds. The smallest absolute Gasteiger partial charge is 0.304 e. The van der Waals surface area contributed by atoms with Gasteiger partial charge in [-0.15, -0.1) is 0 Å². The van der Waals surface area contributed by atoms with Gasteiger partial charge in [0.2, 0.25) is 0 Å². The molecule has 0 aliphatic carbocycles. The highest BCUT2D eigenvalue weighted by Gasteiger charge is 2.32. The Kier molecular flexibility index (Phi) is 6.50. The number of hydrogen-bond acceptors (Lipinski definition) is 5. The maximum atomic E-state index is 12.7. The number of benzene rings is 1. The van der Waals surface area contributed by atoms with Crippen molar-refractivity contribution >= 4 is 50.8 Å². The SMILES string of the molecule is C=Cc1ccc(Sc2c3n(c4nccc(S(C)(=O)=O)c24)CCCC3CC(=O)O)cc1/C=C\C. The summed E-state index contributed by atoms with van der Waals surface area (Å²) in [5.74, 6) is -1.07. The van der Waals surface area contributed by atoms with Gasteiger partial charge in [-0.1, -0.05) is 42.6 Å². The number of aryl methyl sites for hydroxylation is 1. The Labute approximate surface area is 198 Å². The molecule has 6 nitrogen and oxygen atoms in total. The highest BCUT2D eigenvalue weighted by atomic mass is 32.2. The molecule has 1 aromatic carbocycles. The second-order valence-corrected chi connectivity index (χ2v) is 11.2. The van der Waals surface area contributed by atoms with E-state index in [1.807, 2.05) is 41.8 Å². The molecule has 0 bridgehead atoms. The minimum atomic E-state index is -3.52. The normalized spacial score (nSPS) is 16.2. The quantitative estimate of drug-likeness (QED) is 0.470. The third-order valence-electron chi connectivity index (χ3n) is 5.88. The number of nitrogens with zero attached hydrogens (tertiary/aromatic N) is 2. The van der Waals surface area contributed by atoms with Crippen LogP contribution >= 0.6 is 11.8 Å². The summed E-state index contributed by atoms with van der Waals surface area (Å²) >= 11 is 1.47. The van der Waals surface area contributed by atoms with Crippen molar-refractivity contribution in [3.8, 4) is 0 Å². The molecule has 1 aliphatic heterocycles. The molecule has 2 aromatic heterocycles. The number of fused-ring (bicyclic) bond motifs is 3. The molecule has 0 saturated heterocycles. The van der Waals surface area contributed by atoms with Crippen molar-refractivity contribution in [2.45, 2.75) is 53.3 Å². The van der Waals surface area contributed by atoms with E-state index in [4.69, 9.17) is 0 Å². The zero-order valence-corrected chi connectivity index (χ0v) is 20.2. The Bertz CT molecular complexity index is 1390. The standard InChI is InChI=1S/C25H26N2O4S2/c1-4-7-17-14-19(10-9-16(17)5-2)32-24-22-20(33(3,30)31)11-12-26-25(22)27-13-6-8-18(23(24)27)15-21(28)29/h4-5,7,9-12,14,18H,2,6,8,13,15H2,1,3H3,(H,28,29)/b7-4-. The van der Waals surface area contributed by atoms with Gasteiger partial charge in [-0.05, 0) is 49.1 Å². The Morgan fingerprint density at radius 1 is 1.33 bits per heavy atom. The average molecular weight is 483 g/mol. The van der Waals surface area contributed by atoms with E-state index in [1.165, 1.54) is 30.3 Å². The van der Waals surface area contributed by atoms with Crippen LogP contribution in [-0.2, 0) is 21.2 Å². The summed E-state index contributed by atoms with van der Waals surface area (Å²) in [6.45, 7) is 6.51. The predicted octanol–water partition coefficient (Wildman–Crippen LogP) is 5.62. The molecule has 1 N–H and O–H groups in total. The maximum Gasteiger partial charge on any atom is 0.304 e. The van der Waals surface area contributed by atoms with Crippen molar-refractivity contribution in [2.75, 3.05) is 6.26 Å². The Balaban J connectivity index is 1.99. The lowest BCUT2D eigenvalue weighted by Crippen LogP contribution is -2.18. The van der Waals surface area contributed by atoms with Gasteiger partial charge in [0.05, 0.1) is 16.7 Å². The zero-order valence-electron chi connectivity index (χ0n) is 18.6. The van der Waals surface area contributed by atoms with Gasteiger partial charge in [0.1, 0.15) is 5.65 Å². The summed E-state index contributed by atoms with van der Waals surface area (Å²) in [5.41, 5.74) is 3.48. The van der Waals surface area contributed by atoms with Crippen molar-refractivity contribution in [3.05, 3.63) is 59.9 Å². The van der Waals surface area contributed by atoms with E-state index in [-0.39, 0.29) is 17.2 Å². The highest BCUT2D eigenvalue weighted by Crippen LogP contribution is 2.47. The van der Waals surface area contributed by atoms with Crippen LogP contribution in [0.5, 0.6) is 0 Å². The molecule has 0 radical (unpaired) electrons. The lowest BCUT2D eigenvalue weighted by molar-refractivity contribution is -0.137. The van der Waals surface area contributed by atoms with Gasteiger partial charge in [0, 0.05) is 40.4 Å². The number of carboxylic acid groups (broad SMARTS) is 1. The molecule has 3 heterocycles. The third kappa shape index (κ3) is 4.50. The van der Waals surface area contributed by atoms with E-state index >= 15 is 0 Å². The number of carbonyl (C=O) groups is 1. The van der Waals surface area contributed by atoms with E-state index in [2.05, 4.69) is 11.6 Å². The van der Waals surface area contributed by atoms with Crippen LogP contribution in [0.15, 0.2) is 57.8 Å². The van der Waals surface area contributed by atoms with Gasteiger partial charge in [-0.3, -0.25) is 4.79 Å². The van der Waals surface area contributed by atoms with Crippen LogP contribution in [0.3, 0.4) is 0 Å². The van der Waals surface area contributed by atoms with E-state index < -0.39 is 15.8 Å². The van der Waals surface area contributed by atoms with E-state index in [0.717, 1.165) is 39.5 Å². The molecule has 33 heavy (non-hydrogen) atoms. The lowest BCUT2D eigenvalue weighted by Gasteiger charge is -2.25. The van der Waals surface area contributed by atoms with Crippen LogP contribution in [0, 0.1) is 0 Å². The third-order valence-corrected chi connectivity index (χ3v) is 8.13. The minimum absolute atomic E-state index is 0.00266. The number of sulfone groups is 1. The molecule has 0 spiro atoms. The fourth-order valence-electron chi connectivity index (χ4n) is 4.55. The van der Waals surface area contributed by atoms with Crippen molar-refractivity contribution in [2.24, 2.45) is 0 Å². The molecule has 1 unspecified atom stereocenters. The summed E-state index contributed by atoms with van der Waals surface area (Å²) < 4.78 is 27.4. The number of pyridine rings is 1. The summed E-state index contributed by atoms with van der Waals surface area (Å²) in [7, 11) is -3.52. The number of rotatable bonds is 7. The predicted molar refractivity (Wildman–Crippen MR) is 132 cm³/mol. The molecule has 1 aliphatic rings. The summed E-state index contributed by atoms with van der Waals surface area (Å²) in [5, 5.41) is 10.1. The first-order chi connectivity index (χ1) is 15.7. The largest absolute Gasteiger partial charge is 0.481 e. The molecular formula is C25H26N2O4S2. The van der Waals surface area contributed by atoms with Crippen molar-refractivity contribution in [1.29, 1.82) is 0 Å². The van der Waals surface area contributed by atoms with Gasteiger partial charge in [-0.2, -0.15) is 0 Å². The first-order valence-electron chi connectivity index (χ1n) is 10.7. The van der Waals surface area contributed by atoms with Crippen LogP contribution in [0.25, 0.3) is 23.2 Å². The van der Waals surface area contributed by atoms with Crippen LogP contribution in [0.1, 0.15) is 48.9 Å². The van der Waals surface area contributed by atoms with E-state index in [0.29, 0.717) is 17.6 Å². The second kappa shape index (κ2) is 9.19. The number of hydrogen-bond donors (Lipinski definition) is 1. The van der Waals surface area contributed by atoms with Crippen molar-refractivity contribution < 1.29 is 18.3 Å². The van der Waals surface area contributed by atoms with Crippen LogP contribution < -0.4 is 0 Å².